The van der Waals surface area contributed by atoms with Gasteiger partial charge < -0.3 is 0 Å². The predicted octanol–water partition coefficient (Wildman–Crippen LogP) is 3.47. The van der Waals surface area contributed by atoms with Gasteiger partial charge in [-0.2, -0.15) is 0 Å². The fourth-order valence-corrected chi connectivity index (χ4v) is 2.31. The summed E-state index contributed by atoms with van der Waals surface area (Å²) in [6.07, 6.45) is 10.1. The molecule has 1 aromatic heterocycles. The number of pyridine rings is 1. The zero-order valence-electron chi connectivity index (χ0n) is 8.58. The number of fused-ring (bicyclic) bond motifs is 1. The molecule has 0 aromatic carbocycles. The van der Waals surface area contributed by atoms with Gasteiger partial charge in [-0.1, -0.05) is 12.1 Å². The summed E-state index contributed by atoms with van der Waals surface area (Å²) < 4.78 is 0. The van der Waals surface area contributed by atoms with Crippen molar-refractivity contribution in [3.63, 3.8) is 0 Å². The predicted molar refractivity (Wildman–Crippen MR) is 59.3 cm³/mol. The molecular formula is C13H17N. The maximum atomic E-state index is 4.52. The molecule has 74 valence electrons. The molecule has 1 heterocycles. The van der Waals surface area contributed by atoms with Crippen LogP contribution in [-0.2, 0) is 6.42 Å². The van der Waals surface area contributed by atoms with Gasteiger partial charge in [0.05, 0.1) is 0 Å². The number of hydrogen-bond acceptors (Lipinski definition) is 1. The van der Waals surface area contributed by atoms with Crippen LogP contribution < -0.4 is 0 Å². The molecule has 1 nitrogen and oxygen atoms in total. The summed E-state index contributed by atoms with van der Waals surface area (Å²) in [5.74, 6) is 0.679. The van der Waals surface area contributed by atoms with Crippen molar-refractivity contribution in [1.29, 1.82) is 0 Å². The van der Waals surface area contributed by atoms with Crippen LogP contribution >= 0.6 is 0 Å². The van der Waals surface area contributed by atoms with E-state index in [4.69, 9.17) is 0 Å². The third-order valence-corrected chi connectivity index (χ3v) is 3.03. The normalized spacial score (nSPS) is 20.1. The molecule has 1 heteroatoms. The van der Waals surface area contributed by atoms with Crippen molar-refractivity contribution < 1.29 is 0 Å². The largest absolute Gasteiger partial charge is 0.261 e. The van der Waals surface area contributed by atoms with Gasteiger partial charge in [-0.15, -0.1) is 6.58 Å². The first-order valence-corrected chi connectivity index (χ1v) is 5.46. The van der Waals surface area contributed by atoms with Crippen LogP contribution in [0.4, 0.5) is 0 Å². The van der Waals surface area contributed by atoms with Gasteiger partial charge in [0.25, 0.3) is 0 Å². The molecule has 14 heavy (non-hydrogen) atoms. The van der Waals surface area contributed by atoms with Crippen molar-refractivity contribution in [2.24, 2.45) is 0 Å². The van der Waals surface area contributed by atoms with Crippen molar-refractivity contribution in [1.82, 2.24) is 4.98 Å². The molecule has 0 saturated heterocycles. The van der Waals surface area contributed by atoms with E-state index in [1.807, 2.05) is 12.3 Å². The molecule has 0 aliphatic heterocycles. The summed E-state index contributed by atoms with van der Waals surface area (Å²) in [4.78, 5) is 4.52. The smallest absolute Gasteiger partial charge is 0.0466 e. The summed E-state index contributed by atoms with van der Waals surface area (Å²) in [6.45, 7) is 3.78. The van der Waals surface area contributed by atoms with Crippen LogP contribution in [0, 0.1) is 0 Å². The molecule has 1 aliphatic carbocycles. The standard InChI is InChI=1S/C13H17N/c1-2-3-6-11-7-4-8-12-9-5-10-14-13(11)12/h2,5,9-11H,1,3-4,6-8H2. The molecule has 1 unspecified atom stereocenters. The molecule has 1 atom stereocenters. The summed E-state index contributed by atoms with van der Waals surface area (Å²) in [6, 6.07) is 4.27. The highest BCUT2D eigenvalue weighted by Crippen LogP contribution is 2.32. The van der Waals surface area contributed by atoms with Crippen LogP contribution in [0.25, 0.3) is 0 Å². The third-order valence-electron chi connectivity index (χ3n) is 3.03. The van der Waals surface area contributed by atoms with Gasteiger partial charge in [0, 0.05) is 17.8 Å². The lowest BCUT2D eigenvalue weighted by molar-refractivity contribution is 0.510. The summed E-state index contributed by atoms with van der Waals surface area (Å²) in [7, 11) is 0. The van der Waals surface area contributed by atoms with E-state index in [2.05, 4.69) is 23.7 Å². The van der Waals surface area contributed by atoms with Crippen molar-refractivity contribution in [3.8, 4) is 0 Å². The van der Waals surface area contributed by atoms with Crippen LogP contribution in [0.1, 0.15) is 42.9 Å². The van der Waals surface area contributed by atoms with Gasteiger partial charge in [0.1, 0.15) is 0 Å². The molecule has 1 aliphatic rings. The fourth-order valence-electron chi connectivity index (χ4n) is 2.31. The molecule has 1 aromatic rings. The maximum Gasteiger partial charge on any atom is 0.0466 e. The van der Waals surface area contributed by atoms with Crippen molar-refractivity contribution in [2.75, 3.05) is 0 Å². The van der Waals surface area contributed by atoms with E-state index in [9.17, 15) is 0 Å². The van der Waals surface area contributed by atoms with Crippen molar-refractivity contribution >= 4 is 0 Å². The van der Waals surface area contributed by atoms with E-state index in [1.54, 1.807) is 0 Å². The lowest BCUT2D eigenvalue weighted by atomic mass is 9.84. The molecule has 0 saturated carbocycles. The number of nitrogens with zero attached hydrogens (tertiary/aromatic N) is 1. The summed E-state index contributed by atoms with van der Waals surface area (Å²) >= 11 is 0. The molecule has 0 N–H and O–H groups in total. The molecule has 0 fully saturated rings. The van der Waals surface area contributed by atoms with Gasteiger partial charge in [-0.25, -0.2) is 0 Å². The lowest BCUT2D eigenvalue weighted by Crippen LogP contribution is -2.11. The van der Waals surface area contributed by atoms with E-state index >= 15 is 0 Å². The second-order valence-electron chi connectivity index (χ2n) is 4.00. The highest BCUT2D eigenvalue weighted by molar-refractivity contribution is 5.25. The van der Waals surface area contributed by atoms with Gasteiger partial charge in [0.15, 0.2) is 0 Å². The monoisotopic (exact) mass is 187 g/mol. The lowest BCUT2D eigenvalue weighted by Gasteiger charge is -2.23. The van der Waals surface area contributed by atoms with Crippen LogP contribution in [0.5, 0.6) is 0 Å². The van der Waals surface area contributed by atoms with Crippen molar-refractivity contribution in [3.05, 3.63) is 42.2 Å². The Kier molecular flexibility index (Phi) is 2.97. The Bertz CT molecular complexity index is 317. The molecule has 0 radical (unpaired) electrons. The van der Waals surface area contributed by atoms with E-state index < -0.39 is 0 Å². The Labute approximate surface area is 85.9 Å². The third kappa shape index (κ3) is 1.87. The molecule has 2 rings (SSSR count). The number of aromatic nitrogens is 1. The number of aryl methyl sites for hydroxylation is 1. The first kappa shape index (κ1) is 9.45. The fraction of sp³-hybridized carbons (Fsp3) is 0.462. The van der Waals surface area contributed by atoms with E-state index in [1.165, 1.54) is 36.9 Å². The van der Waals surface area contributed by atoms with Crippen LogP contribution in [0.15, 0.2) is 31.0 Å². The van der Waals surface area contributed by atoms with E-state index in [-0.39, 0.29) is 0 Å². The minimum Gasteiger partial charge on any atom is -0.261 e. The zero-order valence-corrected chi connectivity index (χ0v) is 8.58. The Morgan fingerprint density at radius 2 is 2.50 bits per heavy atom. The first-order valence-electron chi connectivity index (χ1n) is 5.46. The number of allylic oxidation sites excluding steroid dienone is 1. The Morgan fingerprint density at radius 3 is 3.36 bits per heavy atom. The minimum atomic E-state index is 0.679. The quantitative estimate of drug-likeness (QED) is 0.660. The average molecular weight is 187 g/mol. The minimum absolute atomic E-state index is 0.679. The number of rotatable bonds is 3. The highest BCUT2D eigenvalue weighted by atomic mass is 14.7. The Morgan fingerprint density at radius 1 is 1.57 bits per heavy atom. The Hall–Kier alpha value is -1.11. The van der Waals surface area contributed by atoms with Gasteiger partial charge in [-0.05, 0) is 43.7 Å². The maximum absolute atomic E-state index is 4.52. The SMILES string of the molecule is C=CCCC1CCCc2cccnc21. The molecule has 0 spiro atoms. The van der Waals surface area contributed by atoms with Crippen molar-refractivity contribution in [2.45, 2.75) is 38.0 Å². The van der Waals surface area contributed by atoms with E-state index in [0.717, 1.165) is 6.42 Å². The number of hydrogen-bond donors (Lipinski definition) is 0. The summed E-state index contributed by atoms with van der Waals surface area (Å²) in [5, 5.41) is 0. The van der Waals surface area contributed by atoms with Gasteiger partial charge in [-0.3, -0.25) is 4.98 Å². The first-order chi connectivity index (χ1) is 6.92. The Balaban J connectivity index is 2.17. The van der Waals surface area contributed by atoms with Gasteiger partial charge >= 0.3 is 0 Å². The molecular weight excluding hydrogens is 170 g/mol. The van der Waals surface area contributed by atoms with Crippen LogP contribution in [0.3, 0.4) is 0 Å². The zero-order chi connectivity index (χ0) is 9.80. The average Bonchev–Trinajstić information content (AvgIpc) is 2.26. The summed E-state index contributed by atoms with van der Waals surface area (Å²) in [5.41, 5.74) is 2.81. The molecule has 0 bridgehead atoms. The second kappa shape index (κ2) is 4.41. The second-order valence-corrected chi connectivity index (χ2v) is 4.00. The van der Waals surface area contributed by atoms with Crippen LogP contribution in [0.2, 0.25) is 0 Å². The highest BCUT2D eigenvalue weighted by Gasteiger charge is 2.19. The van der Waals surface area contributed by atoms with Crippen LogP contribution in [-0.4, -0.2) is 4.98 Å². The van der Waals surface area contributed by atoms with E-state index in [0.29, 0.717) is 5.92 Å². The molecule has 0 amide bonds. The van der Waals surface area contributed by atoms with Gasteiger partial charge in [0.2, 0.25) is 0 Å². The topological polar surface area (TPSA) is 12.9 Å².